The Morgan fingerprint density at radius 1 is 0.929 bits per heavy atom. The molecule has 10 rings (SSSR count). The summed E-state index contributed by atoms with van der Waals surface area (Å²) in [4.78, 5) is 71.9. The molecule has 16 nitrogen and oxygen atoms in total. The van der Waals surface area contributed by atoms with Crippen LogP contribution in [-0.2, 0) is 20.7 Å². The van der Waals surface area contributed by atoms with Gasteiger partial charge in [-0.15, -0.1) is 0 Å². The zero-order valence-corrected chi connectivity index (χ0v) is 40.0. The number of halogens is 1. The number of carbonyl (C=O) groups excluding carboxylic acids is 4. The van der Waals surface area contributed by atoms with Gasteiger partial charge in [-0.2, -0.15) is 9.97 Å². The van der Waals surface area contributed by atoms with Gasteiger partial charge < -0.3 is 34.6 Å². The van der Waals surface area contributed by atoms with Gasteiger partial charge in [0.2, 0.25) is 11.8 Å². The summed E-state index contributed by atoms with van der Waals surface area (Å²) >= 11 is 0. The summed E-state index contributed by atoms with van der Waals surface area (Å²) in [7, 11) is 1.52. The van der Waals surface area contributed by atoms with Crippen molar-refractivity contribution < 1.29 is 38.1 Å². The summed E-state index contributed by atoms with van der Waals surface area (Å²) in [6, 6.07) is 14.5. The summed E-state index contributed by atoms with van der Waals surface area (Å²) in [6.45, 7) is 9.49. The first kappa shape index (κ1) is 47.4. The van der Waals surface area contributed by atoms with E-state index in [2.05, 4.69) is 32.3 Å². The van der Waals surface area contributed by atoms with Crippen molar-refractivity contribution in [3.05, 3.63) is 77.2 Å². The van der Waals surface area contributed by atoms with Crippen molar-refractivity contribution in [3.63, 3.8) is 0 Å². The molecule has 5 aromatic rings. The number of hydrogen-bond acceptors (Lipinski definition) is 14. The lowest BCUT2D eigenvalue weighted by molar-refractivity contribution is -0.136. The van der Waals surface area contributed by atoms with Crippen LogP contribution in [0.1, 0.15) is 84.6 Å². The van der Waals surface area contributed by atoms with Crippen molar-refractivity contribution in [2.24, 2.45) is 11.8 Å². The van der Waals surface area contributed by atoms with Gasteiger partial charge in [-0.1, -0.05) is 25.1 Å². The number of phenols is 1. The predicted molar refractivity (Wildman–Crippen MR) is 264 cm³/mol. The van der Waals surface area contributed by atoms with Crippen LogP contribution in [0.15, 0.2) is 54.7 Å². The monoisotopic (exact) mass is 955 g/mol. The largest absolute Gasteiger partial charge is 0.508 e. The average Bonchev–Trinajstić information content (AvgIpc) is 3.72. The number of piperidine rings is 3. The molecule has 2 aromatic heterocycles. The van der Waals surface area contributed by atoms with Crippen LogP contribution in [0.5, 0.6) is 11.8 Å². The number of amides is 3. The van der Waals surface area contributed by atoms with Gasteiger partial charge in [0, 0.05) is 94.5 Å². The van der Waals surface area contributed by atoms with E-state index < -0.39 is 23.7 Å². The SMILES string of the molecule is CCc1cccc2cc(O)cc(-c3ncc4c(N5CC6CCC(C5)N6)nc(OCCN5CCC(COCC6CCN(c7ccc(C(=O)N(C)C8CCC(=O)NC8=O)c(C=O)c7)CC6)CC5)nc4c3F)c12. The Kier molecular flexibility index (Phi) is 13.9. The fraction of sp³-hybridized carbons (Fsp3) is 0.491. The molecule has 3 amide bonds. The number of likely N-dealkylation sites (N-methyl/N-ethyl adjacent to an activating group) is 1. The van der Waals surface area contributed by atoms with E-state index in [1.807, 2.05) is 24.3 Å². The quantitative estimate of drug-likeness (QED) is 0.0833. The number of aryl methyl sites for hydroxylation is 1. The Morgan fingerprint density at radius 2 is 1.67 bits per heavy atom. The molecule has 7 heterocycles. The van der Waals surface area contributed by atoms with Crippen molar-refractivity contribution in [1.29, 1.82) is 0 Å². The number of nitrogens with one attached hydrogen (secondary N) is 2. The topological polar surface area (TPSA) is 183 Å². The third-order valence-corrected chi connectivity index (χ3v) is 15.3. The summed E-state index contributed by atoms with van der Waals surface area (Å²) in [6.07, 6.45) is 9.61. The third kappa shape index (κ3) is 9.88. The van der Waals surface area contributed by atoms with E-state index in [4.69, 9.17) is 24.4 Å². The fourth-order valence-corrected chi connectivity index (χ4v) is 11.3. The highest BCUT2D eigenvalue weighted by atomic mass is 19.1. The predicted octanol–water partition coefficient (Wildman–Crippen LogP) is 5.91. The van der Waals surface area contributed by atoms with E-state index in [1.54, 1.807) is 30.5 Å². The van der Waals surface area contributed by atoms with Gasteiger partial charge in [-0.3, -0.25) is 34.4 Å². The zero-order valence-electron chi connectivity index (χ0n) is 40.0. The lowest BCUT2D eigenvalue weighted by Gasteiger charge is -2.35. The Morgan fingerprint density at radius 3 is 2.39 bits per heavy atom. The molecule has 0 aliphatic carbocycles. The van der Waals surface area contributed by atoms with E-state index >= 15 is 4.39 Å². The van der Waals surface area contributed by atoms with E-state index in [-0.39, 0.29) is 52.8 Å². The molecule has 3 aromatic carbocycles. The molecule has 0 radical (unpaired) electrons. The highest BCUT2D eigenvalue weighted by Gasteiger charge is 2.36. The number of phenolic OH excluding ortho intramolecular Hbond substituents is 1. The second-order valence-corrected chi connectivity index (χ2v) is 19.8. The Balaban J connectivity index is 0.714. The maximum absolute atomic E-state index is 17.0. The molecule has 368 valence electrons. The molecule has 0 saturated carbocycles. The maximum Gasteiger partial charge on any atom is 0.319 e. The van der Waals surface area contributed by atoms with Crippen LogP contribution in [0.3, 0.4) is 0 Å². The van der Waals surface area contributed by atoms with Crippen molar-refractivity contribution in [2.75, 3.05) is 82.5 Å². The minimum absolute atomic E-state index is 0.0423. The number of aromatic nitrogens is 3. The molecule has 70 heavy (non-hydrogen) atoms. The van der Waals surface area contributed by atoms with Gasteiger partial charge in [0.05, 0.1) is 10.9 Å². The van der Waals surface area contributed by atoms with Gasteiger partial charge >= 0.3 is 6.01 Å². The molecule has 5 saturated heterocycles. The number of nitrogens with zero attached hydrogens (tertiary/aromatic N) is 7. The zero-order chi connectivity index (χ0) is 48.5. The number of benzene rings is 3. The number of carbonyl (C=O) groups is 4. The lowest BCUT2D eigenvalue weighted by atomic mass is 9.95. The number of pyridine rings is 1. The second kappa shape index (κ2) is 20.6. The van der Waals surface area contributed by atoms with E-state index in [9.17, 15) is 24.3 Å². The number of aldehydes is 1. The van der Waals surface area contributed by atoms with Crippen molar-refractivity contribution in [2.45, 2.75) is 82.8 Å². The summed E-state index contributed by atoms with van der Waals surface area (Å²) in [5.41, 5.74) is 3.22. The average molecular weight is 956 g/mol. The number of imide groups is 1. The molecular formula is C53H62FN9O7. The Bertz CT molecular complexity index is 2780. The van der Waals surface area contributed by atoms with Crippen molar-refractivity contribution in [3.8, 4) is 23.0 Å². The first-order valence-electron chi connectivity index (χ1n) is 25.0. The summed E-state index contributed by atoms with van der Waals surface area (Å²) in [5.74, 6) is -0.287. The smallest absolute Gasteiger partial charge is 0.319 e. The second-order valence-electron chi connectivity index (χ2n) is 19.8. The van der Waals surface area contributed by atoms with Crippen LogP contribution < -0.4 is 25.2 Å². The van der Waals surface area contributed by atoms with E-state index in [0.717, 1.165) is 113 Å². The third-order valence-electron chi connectivity index (χ3n) is 15.3. The van der Waals surface area contributed by atoms with Gasteiger partial charge in [-0.05, 0) is 123 Å². The molecule has 5 aliphatic heterocycles. The number of fused-ring (bicyclic) bond motifs is 4. The van der Waals surface area contributed by atoms with E-state index in [0.29, 0.717) is 66.7 Å². The lowest BCUT2D eigenvalue weighted by Crippen LogP contribution is -2.53. The molecule has 3 unspecified atom stereocenters. The normalized spacial score (nSPS) is 21.4. The van der Waals surface area contributed by atoms with Crippen molar-refractivity contribution >= 4 is 57.2 Å². The van der Waals surface area contributed by atoms with Gasteiger partial charge in [0.1, 0.15) is 35.4 Å². The van der Waals surface area contributed by atoms with Crippen LogP contribution in [0, 0.1) is 17.7 Å². The number of rotatable bonds is 15. The van der Waals surface area contributed by atoms with Crippen LogP contribution in [0.4, 0.5) is 15.9 Å². The van der Waals surface area contributed by atoms with E-state index in [1.165, 1.54) is 11.9 Å². The van der Waals surface area contributed by atoms with Crippen LogP contribution in [0.2, 0.25) is 0 Å². The highest BCUT2D eigenvalue weighted by molar-refractivity contribution is 6.06. The Hall–Kier alpha value is -6.30. The number of ether oxygens (including phenoxy) is 2. The number of piperazine rings is 1. The van der Waals surface area contributed by atoms with Crippen molar-refractivity contribution in [1.82, 2.24) is 35.4 Å². The molecule has 3 N–H and O–H groups in total. The summed E-state index contributed by atoms with van der Waals surface area (Å²) < 4.78 is 29.6. The first-order chi connectivity index (χ1) is 34.0. The highest BCUT2D eigenvalue weighted by Crippen LogP contribution is 2.39. The fourth-order valence-electron chi connectivity index (χ4n) is 11.3. The number of likely N-dealkylation sites (tertiary alicyclic amines) is 1. The number of aromatic hydroxyl groups is 1. The molecule has 0 spiro atoms. The minimum atomic E-state index is -0.769. The molecule has 5 fully saturated rings. The molecule has 17 heteroatoms. The number of hydrogen-bond donors (Lipinski definition) is 3. The first-order valence-corrected chi connectivity index (χ1v) is 25.0. The maximum atomic E-state index is 17.0. The standard InChI is InChI=1S/C53H62FN9O7/c1-3-34-5-4-6-35-24-40(65)25-42(46(34)35)48-47(54)49-43(26-55-48)50(63-27-37-7-8-38(28-63)56-37)59-53(58-49)70-22-21-61-17-13-32(14-18-61)30-69-31-33-15-19-62(20-16-33)39-9-10-41(36(23-39)29-64)52(68)60(2)44-11-12-45(66)57-51(44)67/h4-6,9-10,23-26,29,32-33,37-38,44,56,65H,3,7-8,11-22,27-28,30-31H2,1-2H3,(H,57,66,67). The van der Waals surface area contributed by atoms with Gasteiger partial charge in [0.15, 0.2) is 12.1 Å². The molecule has 3 atom stereocenters. The minimum Gasteiger partial charge on any atom is -0.508 e. The van der Waals surface area contributed by atoms with Crippen LogP contribution in [0.25, 0.3) is 32.9 Å². The van der Waals surface area contributed by atoms with Crippen LogP contribution in [-0.4, -0.2) is 145 Å². The molecular weight excluding hydrogens is 894 g/mol. The van der Waals surface area contributed by atoms with Gasteiger partial charge in [-0.25, -0.2) is 4.39 Å². The van der Waals surface area contributed by atoms with Gasteiger partial charge in [0.25, 0.3) is 5.91 Å². The number of anilines is 2. The van der Waals surface area contributed by atoms with Crippen LogP contribution >= 0.6 is 0 Å². The Labute approximate surface area is 406 Å². The summed E-state index contributed by atoms with van der Waals surface area (Å²) in [5, 5.41) is 18.9. The molecule has 2 bridgehead atoms. The molecule has 5 aliphatic rings.